The normalized spacial score (nSPS) is 10.8. The number of nitrogens with one attached hydrogen (secondary N) is 1. The lowest BCUT2D eigenvalue weighted by Crippen LogP contribution is -2.27. The first-order chi connectivity index (χ1) is 7.52. The quantitative estimate of drug-likeness (QED) is 0.487. The van der Waals surface area contributed by atoms with Crippen LogP contribution < -0.4 is 4.72 Å². The lowest BCUT2D eigenvalue weighted by molar-refractivity contribution is -0.140. The van der Waals surface area contributed by atoms with Gasteiger partial charge in [0.2, 0.25) is 10.0 Å². The van der Waals surface area contributed by atoms with Gasteiger partial charge < -0.3 is 4.74 Å². The van der Waals surface area contributed by atoms with E-state index in [2.05, 4.69) is 9.46 Å². The van der Waals surface area contributed by atoms with Gasteiger partial charge in [-0.1, -0.05) is 0 Å². The van der Waals surface area contributed by atoms with Crippen molar-refractivity contribution in [3.63, 3.8) is 0 Å². The topological polar surface area (TPSA) is 96.3 Å². The molecule has 0 heterocycles. The van der Waals surface area contributed by atoms with Crippen molar-refractivity contribution >= 4 is 16.0 Å². The van der Waals surface area contributed by atoms with Gasteiger partial charge in [0.1, 0.15) is 0 Å². The summed E-state index contributed by atoms with van der Waals surface area (Å²) in [5, 5.41) is 8.25. The third kappa shape index (κ3) is 8.20. The summed E-state index contributed by atoms with van der Waals surface area (Å²) in [5.41, 5.74) is 0. The lowest BCUT2D eigenvalue weighted by Gasteiger charge is -2.04. The molecule has 0 aliphatic rings. The molecule has 0 amide bonds. The number of nitriles is 1. The fraction of sp³-hybridized carbons (Fsp3) is 0.778. The monoisotopic (exact) mass is 248 g/mol. The summed E-state index contributed by atoms with van der Waals surface area (Å²) < 4.78 is 29.4. The van der Waals surface area contributed by atoms with Crippen molar-refractivity contribution in [1.82, 2.24) is 4.72 Å². The summed E-state index contributed by atoms with van der Waals surface area (Å²) in [6, 6.07) is 1.92. The Labute approximate surface area is 95.6 Å². The van der Waals surface area contributed by atoms with Gasteiger partial charge in [-0.05, 0) is 12.8 Å². The number of ether oxygens (including phenoxy) is 1. The zero-order valence-electron chi connectivity index (χ0n) is 9.23. The largest absolute Gasteiger partial charge is 0.469 e. The highest BCUT2D eigenvalue weighted by Gasteiger charge is 2.10. The van der Waals surface area contributed by atoms with Crippen LogP contribution >= 0.6 is 0 Å². The molecule has 0 saturated heterocycles. The van der Waals surface area contributed by atoms with E-state index in [0.717, 1.165) is 0 Å². The molecule has 0 unspecified atom stereocenters. The van der Waals surface area contributed by atoms with Crippen molar-refractivity contribution < 1.29 is 17.9 Å². The number of unbranched alkanes of at least 4 members (excludes halogenated alkanes) is 1. The van der Waals surface area contributed by atoms with Crippen LogP contribution in [0.4, 0.5) is 0 Å². The molecule has 0 bridgehead atoms. The molecular weight excluding hydrogens is 232 g/mol. The Morgan fingerprint density at radius 2 is 2.12 bits per heavy atom. The smallest absolute Gasteiger partial charge is 0.305 e. The van der Waals surface area contributed by atoms with E-state index in [1.807, 2.05) is 6.07 Å². The van der Waals surface area contributed by atoms with Crippen LogP contribution in [0.3, 0.4) is 0 Å². The molecule has 0 aliphatic heterocycles. The Kier molecular flexibility index (Phi) is 7.50. The molecule has 0 radical (unpaired) electrons. The molecule has 0 aromatic heterocycles. The Hall–Kier alpha value is -1.13. The minimum absolute atomic E-state index is 0.0929. The van der Waals surface area contributed by atoms with Crippen molar-refractivity contribution in [1.29, 1.82) is 5.26 Å². The van der Waals surface area contributed by atoms with Gasteiger partial charge in [0.25, 0.3) is 0 Å². The number of carbonyl (C=O) groups excluding carboxylic acids is 1. The second-order valence-electron chi connectivity index (χ2n) is 3.15. The Morgan fingerprint density at radius 3 is 2.69 bits per heavy atom. The van der Waals surface area contributed by atoms with E-state index in [0.29, 0.717) is 12.8 Å². The highest BCUT2D eigenvalue weighted by molar-refractivity contribution is 7.89. The van der Waals surface area contributed by atoms with Gasteiger partial charge in [-0.2, -0.15) is 5.26 Å². The zero-order valence-corrected chi connectivity index (χ0v) is 10.0. The number of hydrogen-bond donors (Lipinski definition) is 1. The van der Waals surface area contributed by atoms with Gasteiger partial charge in [-0.15, -0.1) is 0 Å². The second-order valence-corrected chi connectivity index (χ2v) is 5.08. The molecule has 0 aromatic rings. The number of hydrogen-bond acceptors (Lipinski definition) is 5. The molecule has 7 heteroatoms. The number of methoxy groups -OCH3 is 1. The summed E-state index contributed by atoms with van der Waals surface area (Å²) in [7, 11) is -2.07. The van der Waals surface area contributed by atoms with Crippen LogP contribution in [0.2, 0.25) is 0 Å². The highest BCUT2D eigenvalue weighted by atomic mass is 32.2. The Balaban J connectivity index is 3.71. The summed E-state index contributed by atoms with van der Waals surface area (Å²) in [6.07, 6.45) is 1.15. The van der Waals surface area contributed by atoms with Crippen molar-refractivity contribution in [2.24, 2.45) is 0 Å². The lowest BCUT2D eigenvalue weighted by atomic mass is 10.3. The van der Waals surface area contributed by atoms with Gasteiger partial charge in [-0.3, -0.25) is 4.79 Å². The van der Waals surface area contributed by atoms with Gasteiger partial charge >= 0.3 is 5.97 Å². The second kappa shape index (κ2) is 8.07. The maximum absolute atomic E-state index is 11.3. The van der Waals surface area contributed by atoms with Crippen molar-refractivity contribution in [3.8, 4) is 6.07 Å². The zero-order chi connectivity index (χ0) is 12.4. The van der Waals surface area contributed by atoms with E-state index in [1.165, 1.54) is 7.11 Å². The first-order valence-electron chi connectivity index (χ1n) is 4.93. The van der Waals surface area contributed by atoms with Crippen LogP contribution in [0.1, 0.15) is 25.7 Å². The molecule has 16 heavy (non-hydrogen) atoms. The molecule has 0 aliphatic carbocycles. The third-order valence-corrected chi connectivity index (χ3v) is 3.28. The minimum Gasteiger partial charge on any atom is -0.469 e. The SMILES string of the molecule is COC(=O)CCCS(=O)(=O)NCCCC#N. The van der Waals surface area contributed by atoms with Crippen LogP contribution in [0.25, 0.3) is 0 Å². The fourth-order valence-electron chi connectivity index (χ4n) is 0.976. The Morgan fingerprint density at radius 1 is 1.44 bits per heavy atom. The number of esters is 1. The summed E-state index contributed by atoms with van der Waals surface area (Å²) >= 11 is 0. The molecule has 0 rings (SSSR count). The van der Waals surface area contributed by atoms with E-state index in [9.17, 15) is 13.2 Å². The van der Waals surface area contributed by atoms with Crippen molar-refractivity contribution in [2.45, 2.75) is 25.7 Å². The number of sulfonamides is 1. The van der Waals surface area contributed by atoms with Crippen molar-refractivity contribution in [2.75, 3.05) is 19.4 Å². The van der Waals surface area contributed by atoms with Crippen LogP contribution in [-0.2, 0) is 19.6 Å². The molecule has 1 N–H and O–H groups in total. The van der Waals surface area contributed by atoms with Gasteiger partial charge in [-0.25, -0.2) is 13.1 Å². The molecule has 6 nitrogen and oxygen atoms in total. The van der Waals surface area contributed by atoms with Gasteiger partial charge in [0, 0.05) is 19.4 Å². The molecule has 0 spiro atoms. The predicted molar refractivity (Wildman–Crippen MR) is 57.9 cm³/mol. The summed E-state index contributed by atoms with van der Waals surface area (Å²) in [4.78, 5) is 10.7. The van der Waals surface area contributed by atoms with Crippen LogP contribution in [0.5, 0.6) is 0 Å². The average molecular weight is 248 g/mol. The molecule has 0 saturated carbocycles. The standard InChI is InChI=1S/C9H16N2O4S/c1-15-9(12)5-4-8-16(13,14)11-7-3-2-6-10/h11H,2-5,7-8H2,1H3. The molecule has 0 atom stereocenters. The van der Waals surface area contributed by atoms with E-state index >= 15 is 0 Å². The maximum atomic E-state index is 11.3. The highest BCUT2D eigenvalue weighted by Crippen LogP contribution is 1.97. The van der Waals surface area contributed by atoms with Crippen molar-refractivity contribution in [3.05, 3.63) is 0 Å². The molecule has 0 fully saturated rings. The first kappa shape index (κ1) is 14.9. The minimum atomic E-state index is -3.33. The van der Waals surface area contributed by atoms with E-state index < -0.39 is 16.0 Å². The average Bonchev–Trinajstić information content (AvgIpc) is 2.24. The van der Waals surface area contributed by atoms with E-state index in [-0.39, 0.29) is 25.1 Å². The van der Waals surface area contributed by atoms with Gasteiger partial charge in [0.15, 0.2) is 0 Å². The first-order valence-corrected chi connectivity index (χ1v) is 6.58. The summed E-state index contributed by atoms with van der Waals surface area (Å²) in [5.74, 6) is -0.519. The number of rotatable bonds is 8. The molecular formula is C9H16N2O4S. The van der Waals surface area contributed by atoms with E-state index in [1.54, 1.807) is 0 Å². The number of nitrogens with zero attached hydrogens (tertiary/aromatic N) is 1. The molecule has 0 aromatic carbocycles. The summed E-state index contributed by atoms with van der Waals surface area (Å²) in [6.45, 7) is 0.258. The van der Waals surface area contributed by atoms with Gasteiger partial charge in [0.05, 0.1) is 18.9 Å². The molecule has 92 valence electrons. The van der Waals surface area contributed by atoms with Crippen LogP contribution in [0.15, 0.2) is 0 Å². The third-order valence-electron chi connectivity index (χ3n) is 1.81. The predicted octanol–water partition coefficient (Wildman–Crippen LogP) is 0.163. The van der Waals surface area contributed by atoms with Crippen LogP contribution in [0, 0.1) is 11.3 Å². The number of carbonyl (C=O) groups is 1. The van der Waals surface area contributed by atoms with Crippen LogP contribution in [-0.4, -0.2) is 33.8 Å². The Bertz CT molecular complexity index is 345. The maximum Gasteiger partial charge on any atom is 0.305 e. The van der Waals surface area contributed by atoms with E-state index in [4.69, 9.17) is 5.26 Å². The fourth-order valence-corrected chi connectivity index (χ4v) is 2.10.